The molecule has 0 saturated carbocycles. The van der Waals surface area contributed by atoms with Gasteiger partial charge in [-0.2, -0.15) is 0 Å². The maximum Gasteiger partial charge on any atom is 0.223 e. The van der Waals surface area contributed by atoms with E-state index < -0.39 is 5.91 Å². The highest BCUT2D eigenvalue weighted by molar-refractivity contribution is 5.93. The summed E-state index contributed by atoms with van der Waals surface area (Å²) in [6.45, 7) is 0. The lowest BCUT2D eigenvalue weighted by molar-refractivity contribution is -0.117. The molecule has 0 aliphatic carbocycles. The first-order valence-electron chi connectivity index (χ1n) is 5.43. The maximum atomic E-state index is 11.0. The van der Waals surface area contributed by atoms with Gasteiger partial charge in [0, 0.05) is 23.0 Å². The molecule has 2 N–H and O–H groups in total. The van der Waals surface area contributed by atoms with Crippen molar-refractivity contribution in [3.05, 3.63) is 30.1 Å². The predicted molar refractivity (Wildman–Crippen MR) is 67.7 cm³/mol. The molecule has 18 heavy (non-hydrogen) atoms. The Morgan fingerprint density at radius 2 is 2.06 bits per heavy atom. The van der Waals surface area contributed by atoms with Crippen molar-refractivity contribution in [1.29, 1.82) is 0 Å². The van der Waals surface area contributed by atoms with Gasteiger partial charge in [0.15, 0.2) is 0 Å². The number of aromatic nitrogens is 1. The van der Waals surface area contributed by atoms with Crippen molar-refractivity contribution in [3.8, 4) is 11.5 Å². The molecule has 0 radical (unpaired) electrons. The van der Waals surface area contributed by atoms with Crippen LogP contribution >= 0.6 is 0 Å². The number of carbonyl (C=O) groups excluding carboxylic acids is 1. The van der Waals surface area contributed by atoms with Crippen LogP contribution in [0.25, 0.3) is 10.8 Å². The number of primary amides is 1. The number of rotatable bonds is 4. The number of ether oxygens (including phenoxy) is 2. The molecule has 2 aromatic rings. The molecule has 0 unspecified atom stereocenters. The number of carbonyl (C=O) groups is 1. The number of benzene rings is 1. The summed E-state index contributed by atoms with van der Waals surface area (Å²) in [5.41, 5.74) is 5.84. The molecule has 0 aliphatic heterocycles. The van der Waals surface area contributed by atoms with Crippen molar-refractivity contribution in [2.45, 2.75) is 6.42 Å². The largest absolute Gasteiger partial charge is 0.497 e. The van der Waals surface area contributed by atoms with Crippen LogP contribution in [0.3, 0.4) is 0 Å². The zero-order valence-electron chi connectivity index (χ0n) is 10.3. The normalized spacial score (nSPS) is 10.3. The molecule has 0 atom stereocenters. The Kier molecular flexibility index (Phi) is 3.32. The molecule has 1 amide bonds. The second kappa shape index (κ2) is 4.91. The average molecular weight is 246 g/mol. The van der Waals surface area contributed by atoms with Gasteiger partial charge < -0.3 is 15.2 Å². The first-order chi connectivity index (χ1) is 8.65. The van der Waals surface area contributed by atoms with Gasteiger partial charge in [0.05, 0.1) is 26.3 Å². The summed E-state index contributed by atoms with van der Waals surface area (Å²) >= 11 is 0. The van der Waals surface area contributed by atoms with E-state index in [-0.39, 0.29) is 6.42 Å². The van der Waals surface area contributed by atoms with E-state index in [4.69, 9.17) is 15.2 Å². The summed E-state index contributed by atoms with van der Waals surface area (Å²) in [5.74, 6) is 0.910. The van der Waals surface area contributed by atoms with E-state index in [1.54, 1.807) is 26.5 Å². The van der Waals surface area contributed by atoms with Crippen LogP contribution in [0.5, 0.6) is 11.5 Å². The summed E-state index contributed by atoms with van der Waals surface area (Å²) in [6.07, 6.45) is 1.73. The van der Waals surface area contributed by atoms with Gasteiger partial charge in [0.1, 0.15) is 11.5 Å². The number of nitrogens with zero attached hydrogens (tertiary/aromatic N) is 1. The number of hydrogen-bond donors (Lipinski definition) is 1. The van der Waals surface area contributed by atoms with Crippen LogP contribution in [0.1, 0.15) is 5.69 Å². The predicted octanol–water partition coefficient (Wildman–Crippen LogP) is 1.28. The van der Waals surface area contributed by atoms with E-state index in [1.807, 2.05) is 12.1 Å². The van der Waals surface area contributed by atoms with Crippen LogP contribution in [-0.4, -0.2) is 25.1 Å². The van der Waals surface area contributed by atoms with Crippen LogP contribution in [0.15, 0.2) is 24.4 Å². The Morgan fingerprint density at radius 3 is 2.67 bits per heavy atom. The number of amides is 1. The van der Waals surface area contributed by atoms with E-state index in [0.717, 1.165) is 10.8 Å². The molecule has 0 bridgehead atoms. The van der Waals surface area contributed by atoms with Crippen LogP contribution in [0.2, 0.25) is 0 Å². The van der Waals surface area contributed by atoms with Crippen molar-refractivity contribution in [2.24, 2.45) is 5.73 Å². The van der Waals surface area contributed by atoms with Crippen LogP contribution in [-0.2, 0) is 11.2 Å². The van der Waals surface area contributed by atoms with Crippen molar-refractivity contribution in [2.75, 3.05) is 14.2 Å². The average Bonchev–Trinajstić information content (AvgIpc) is 2.37. The Hall–Kier alpha value is -2.30. The molecule has 5 nitrogen and oxygen atoms in total. The van der Waals surface area contributed by atoms with Gasteiger partial charge in [0.2, 0.25) is 5.91 Å². The molecule has 1 aromatic heterocycles. The summed E-state index contributed by atoms with van der Waals surface area (Å²) in [4.78, 5) is 15.2. The van der Waals surface area contributed by atoms with Gasteiger partial charge in [-0.05, 0) is 12.1 Å². The lowest BCUT2D eigenvalue weighted by atomic mass is 10.1. The van der Waals surface area contributed by atoms with Crippen molar-refractivity contribution in [3.63, 3.8) is 0 Å². The fourth-order valence-corrected chi connectivity index (χ4v) is 1.88. The highest BCUT2D eigenvalue weighted by Crippen LogP contribution is 2.32. The molecule has 0 aliphatic rings. The smallest absolute Gasteiger partial charge is 0.223 e. The van der Waals surface area contributed by atoms with E-state index >= 15 is 0 Å². The molecule has 0 saturated heterocycles. The first kappa shape index (κ1) is 12.2. The van der Waals surface area contributed by atoms with Gasteiger partial charge in [-0.3, -0.25) is 9.78 Å². The zero-order chi connectivity index (χ0) is 13.1. The van der Waals surface area contributed by atoms with Gasteiger partial charge in [-0.15, -0.1) is 0 Å². The highest BCUT2D eigenvalue weighted by atomic mass is 16.5. The molecule has 1 heterocycles. The van der Waals surface area contributed by atoms with Crippen molar-refractivity contribution >= 4 is 16.7 Å². The number of pyridine rings is 1. The quantitative estimate of drug-likeness (QED) is 0.881. The van der Waals surface area contributed by atoms with Crippen LogP contribution in [0.4, 0.5) is 0 Å². The number of hydrogen-bond acceptors (Lipinski definition) is 4. The molecular weight excluding hydrogens is 232 g/mol. The minimum absolute atomic E-state index is 0.0909. The molecule has 2 rings (SSSR count). The third-order valence-electron chi connectivity index (χ3n) is 2.70. The van der Waals surface area contributed by atoms with E-state index in [2.05, 4.69) is 4.98 Å². The number of fused-ring (bicyclic) bond motifs is 1. The zero-order valence-corrected chi connectivity index (χ0v) is 10.3. The number of nitrogens with two attached hydrogens (primary N) is 1. The fraction of sp³-hybridized carbons (Fsp3) is 0.231. The lowest BCUT2D eigenvalue weighted by Gasteiger charge is -2.10. The van der Waals surface area contributed by atoms with Gasteiger partial charge in [-0.1, -0.05) is 0 Å². The topological polar surface area (TPSA) is 74.4 Å². The molecule has 0 spiro atoms. The Bertz CT molecular complexity index is 596. The third kappa shape index (κ3) is 2.20. The second-order valence-corrected chi connectivity index (χ2v) is 3.83. The van der Waals surface area contributed by atoms with E-state index in [1.165, 1.54) is 0 Å². The summed E-state index contributed by atoms with van der Waals surface area (Å²) < 4.78 is 10.5. The van der Waals surface area contributed by atoms with Crippen LogP contribution in [0, 0.1) is 0 Å². The Labute approximate surface area is 105 Å². The minimum atomic E-state index is -0.420. The van der Waals surface area contributed by atoms with Gasteiger partial charge in [0.25, 0.3) is 0 Å². The monoisotopic (exact) mass is 246 g/mol. The minimum Gasteiger partial charge on any atom is -0.497 e. The first-order valence-corrected chi connectivity index (χ1v) is 5.43. The fourth-order valence-electron chi connectivity index (χ4n) is 1.88. The molecule has 5 heteroatoms. The van der Waals surface area contributed by atoms with Gasteiger partial charge >= 0.3 is 0 Å². The second-order valence-electron chi connectivity index (χ2n) is 3.83. The summed E-state index contributed by atoms with van der Waals surface area (Å²) in [5, 5.41) is 1.69. The standard InChI is InChI=1S/C13H14N2O3/c1-17-8-5-10-9(12(6-8)18-2)3-4-15-11(10)7-13(14)16/h3-6H,7H2,1-2H3,(H2,14,16). The SMILES string of the molecule is COc1cc(OC)c2ccnc(CC(N)=O)c2c1. The molecule has 0 fully saturated rings. The summed E-state index contributed by atoms with van der Waals surface area (Å²) in [7, 11) is 3.16. The van der Waals surface area contributed by atoms with E-state index in [9.17, 15) is 4.79 Å². The van der Waals surface area contributed by atoms with Gasteiger partial charge in [-0.25, -0.2) is 0 Å². The lowest BCUT2D eigenvalue weighted by Crippen LogP contribution is -2.14. The highest BCUT2D eigenvalue weighted by Gasteiger charge is 2.11. The molecular formula is C13H14N2O3. The third-order valence-corrected chi connectivity index (χ3v) is 2.70. The summed E-state index contributed by atoms with van der Waals surface area (Å²) in [6, 6.07) is 5.44. The Morgan fingerprint density at radius 1 is 1.28 bits per heavy atom. The Balaban J connectivity index is 2.69. The molecule has 94 valence electrons. The molecule has 1 aromatic carbocycles. The van der Waals surface area contributed by atoms with Crippen molar-refractivity contribution in [1.82, 2.24) is 4.98 Å². The maximum absolute atomic E-state index is 11.0. The van der Waals surface area contributed by atoms with Crippen LogP contribution < -0.4 is 15.2 Å². The van der Waals surface area contributed by atoms with E-state index in [0.29, 0.717) is 17.2 Å². The number of methoxy groups -OCH3 is 2. The van der Waals surface area contributed by atoms with Crippen molar-refractivity contribution < 1.29 is 14.3 Å².